The number of benzene rings is 4. The van der Waals surface area contributed by atoms with Gasteiger partial charge < -0.3 is 18.9 Å². The molecule has 0 radical (unpaired) electrons. The van der Waals surface area contributed by atoms with Crippen molar-refractivity contribution >= 4 is 17.9 Å². The number of carbonyl (C=O) groups excluding carboxylic acids is 3. The van der Waals surface area contributed by atoms with Gasteiger partial charge in [-0.1, -0.05) is 62.6 Å². The van der Waals surface area contributed by atoms with Gasteiger partial charge in [-0.2, -0.15) is 0 Å². The van der Waals surface area contributed by atoms with Gasteiger partial charge in [0.25, 0.3) is 0 Å². The van der Waals surface area contributed by atoms with E-state index in [1.54, 1.807) is 36.4 Å². The van der Waals surface area contributed by atoms with E-state index >= 15 is 0 Å². The van der Waals surface area contributed by atoms with Crippen molar-refractivity contribution < 1.29 is 33.3 Å². The van der Waals surface area contributed by atoms with E-state index in [1.807, 2.05) is 48.5 Å². The van der Waals surface area contributed by atoms with Crippen molar-refractivity contribution in [2.24, 2.45) is 0 Å². The molecule has 0 unspecified atom stereocenters. The van der Waals surface area contributed by atoms with Crippen LogP contribution in [0, 0.1) is 0 Å². The summed E-state index contributed by atoms with van der Waals surface area (Å²) in [4.78, 5) is 36.3. The monoisotopic (exact) mass is 580 g/mol. The molecule has 0 aromatic heterocycles. The highest BCUT2D eigenvalue weighted by Crippen LogP contribution is 2.43. The van der Waals surface area contributed by atoms with Gasteiger partial charge in [-0.15, -0.1) is 0 Å². The fraction of sp³-hybridized carbons (Fsp3) is 0.250. The molecule has 4 aromatic carbocycles. The topological polar surface area (TPSA) is 88.1 Å². The van der Waals surface area contributed by atoms with Gasteiger partial charge in [0.05, 0.1) is 44.6 Å². The quantitative estimate of drug-likeness (QED) is 0.0953. The first-order valence-corrected chi connectivity index (χ1v) is 14.3. The van der Waals surface area contributed by atoms with Crippen LogP contribution in [0.25, 0.3) is 33.4 Å². The van der Waals surface area contributed by atoms with Crippen LogP contribution in [0.5, 0.6) is 5.75 Å². The summed E-state index contributed by atoms with van der Waals surface area (Å²) in [6.45, 7) is 2.71. The second kappa shape index (κ2) is 14.8. The molecule has 7 nitrogen and oxygen atoms in total. The zero-order chi connectivity index (χ0) is 30.8. The van der Waals surface area contributed by atoms with Gasteiger partial charge in [0.15, 0.2) is 0 Å². The minimum absolute atomic E-state index is 0.406. The van der Waals surface area contributed by atoms with Gasteiger partial charge >= 0.3 is 17.9 Å². The fourth-order valence-corrected chi connectivity index (χ4v) is 4.81. The van der Waals surface area contributed by atoms with Crippen LogP contribution in [0.15, 0.2) is 84.9 Å². The van der Waals surface area contributed by atoms with Crippen LogP contribution in [-0.2, 0) is 14.2 Å². The summed E-state index contributed by atoms with van der Waals surface area (Å²) in [5.74, 6) is -0.534. The Morgan fingerprint density at radius 1 is 0.512 bits per heavy atom. The Kier molecular flexibility index (Phi) is 10.7. The first kappa shape index (κ1) is 31.0. The number of unbranched alkanes of at least 4 members (excludes halogenated alkanes) is 3. The van der Waals surface area contributed by atoms with Crippen LogP contribution in [0.3, 0.4) is 0 Å². The standard InChI is InChI=1S/C36H36O7/c1-5-6-7-8-21-43-33-31(25-11-17-28(18-12-25)35(38)41-3)22-30(24-9-15-27(16-10-24)34(37)40-2)23-32(33)26-13-19-29(20-14-26)36(39)42-4/h9-20,22-23H,5-8,21H2,1-4H3. The van der Waals surface area contributed by atoms with Crippen molar-refractivity contribution in [2.75, 3.05) is 27.9 Å². The van der Waals surface area contributed by atoms with Crippen LogP contribution in [0.4, 0.5) is 0 Å². The predicted molar refractivity (Wildman–Crippen MR) is 166 cm³/mol. The Hall–Kier alpha value is -4.91. The van der Waals surface area contributed by atoms with Crippen LogP contribution in [0.1, 0.15) is 63.7 Å². The molecule has 0 fully saturated rings. The van der Waals surface area contributed by atoms with Gasteiger partial charge in [-0.3, -0.25) is 0 Å². The summed E-state index contributed by atoms with van der Waals surface area (Å²) >= 11 is 0. The molecular weight excluding hydrogens is 544 g/mol. The maximum Gasteiger partial charge on any atom is 0.337 e. The Bertz CT molecular complexity index is 1470. The van der Waals surface area contributed by atoms with Crippen molar-refractivity contribution in [1.82, 2.24) is 0 Å². The summed E-state index contributed by atoms with van der Waals surface area (Å²) in [5.41, 5.74) is 6.53. The van der Waals surface area contributed by atoms with E-state index < -0.39 is 17.9 Å². The molecule has 43 heavy (non-hydrogen) atoms. The Morgan fingerprint density at radius 2 is 0.907 bits per heavy atom. The molecule has 0 spiro atoms. The van der Waals surface area contributed by atoms with Crippen LogP contribution < -0.4 is 4.74 Å². The molecule has 4 aromatic rings. The van der Waals surface area contributed by atoms with Gasteiger partial charge in [-0.25, -0.2) is 14.4 Å². The summed E-state index contributed by atoms with van der Waals surface area (Å²) in [5, 5.41) is 0. The lowest BCUT2D eigenvalue weighted by molar-refractivity contribution is 0.0592. The summed E-state index contributed by atoms with van der Waals surface area (Å²) in [6.07, 6.45) is 4.23. The zero-order valence-corrected chi connectivity index (χ0v) is 25.0. The number of ether oxygens (including phenoxy) is 4. The zero-order valence-electron chi connectivity index (χ0n) is 25.0. The molecule has 0 bridgehead atoms. The largest absolute Gasteiger partial charge is 0.492 e. The molecule has 0 atom stereocenters. The normalized spacial score (nSPS) is 10.6. The molecule has 0 aliphatic heterocycles. The number of rotatable bonds is 12. The highest BCUT2D eigenvalue weighted by atomic mass is 16.5. The SMILES string of the molecule is CCCCCCOc1c(-c2ccc(C(=O)OC)cc2)cc(-c2ccc(C(=O)OC)cc2)cc1-c1ccc(C(=O)OC)cc1. The third-order valence-corrected chi connectivity index (χ3v) is 7.21. The maximum absolute atomic E-state index is 12.1. The predicted octanol–water partition coefficient (Wildman–Crippen LogP) is 8.01. The highest BCUT2D eigenvalue weighted by molar-refractivity contribution is 5.94. The third-order valence-electron chi connectivity index (χ3n) is 7.21. The molecule has 0 amide bonds. The molecular formula is C36H36O7. The smallest absolute Gasteiger partial charge is 0.337 e. The Morgan fingerprint density at radius 3 is 1.28 bits per heavy atom. The van der Waals surface area contributed by atoms with Crippen molar-refractivity contribution in [3.8, 4) is 39.1 Å². The molecule has 0 heterocycles. The molecule has 222 valence electrons. The van der Waals surface area contributed by atoms with Crippen molar-refractivity contribution in [3.63, 3.8) is 0 Å². The lowest BCUT2D eigenvalue weighted by atomic mass is 9.91. The van der Waals surface area contributed by atoms with E-state index in [0.29, 0.717) is 29.0 Å². The average Bonchev–Trinajstić information content (AvgIpc) is 3.07. The summed E-state index contributed by atoms with van der Waals surface area (Å²) in [7, 11) is 4.06. The lowest BCUT2D eigenvalue weighted by Gasteiger charge is -2.19. The highest BCUT2D eigenvalue weighted by Gasteiger charge is 2.19. The molecule has 0 saturated carbocycles. The Labute approximate surface area is 252 Å². The van der Waals surface area contributed by atoms with E-state index in [2.05, 4.69) is 6.92 Å². The van der Waals surface area contributed by atoms with Gasteiger partial charge in [-0.05, 0) is 77.2 Å². The second-order valence-electron chi connectivity index (χ2n) is 10.0. The minimum Gasteiger partial charge on any atom is -0.492 e. The van der Waals surface area contributed by atoms with Gasteiger partial charge in [0.1, 0.15) is 5.75 Å². The molecule has 0 saturated heterocycles. The Balaban J connectivity index is 1.89. The van der Waals surface area contributed by atoms with E-state index in [0.717, 1.165) is 59.1 Å². The van der Waals surface area contributed by atoms with E-state index in [-0.39, 0.29) is 0 Å². The number of esters is 3. The third kappa shape index (κ3) is 7.49. The minimum atomic E-state index is -0.412. The number of methoxy groups -OCH3 is 3. The molecule has 4 rings (SSSR count). The molecule has 0 N–H and O–H groups in total. The summed E-state index contributed by atoms with van der Waals surface area (Å²) < 4.78 is 21.2. The first-order chi connectivity index (χ1) is 20.9. The van der Waals surface area contributed by atoms with E-state index in [4.69, 9.17) is 18.9 Å². The maximum atomic E-state index is 12.1. The molecule has 0 aliphatic rings. The second-order valence-corrected chi connectivity index (χ2v) is 10.0. The van der Waals surface area contributed by atoms with Crippen molar-refractivity contribution in [3.05, 3.63) is 102 Å². The molecule has 0 aliphatic carbocycles. The molecule has 7 heteroatoms. The average molecular weight is 581 g/mol. The summed E-state index contributed by atoms with van der Waals surface area (Å²) in [6, 6.07) is 25.7. The number of carbonyl (C=O) groups is 3. The number of hydrogen-bond acceptors (Lipinski definition) is 7. The van der Waals surface area contributed by atoms with Crippen LogP contribution in [-0.4, -0.2) is 45.8 Å². The first-order valence-electron chi connectivity index (χ1n) is 14.3. The van der Waals surface area contributed by atoms with E-state index in [1.165, 1.54) is 21.3 Å². The lowest BCUT2D eigenvalue weighted by Crippen LogP contribution is -2.03. The van der Waals surface area contributed by atoms with Gasteiger partial charge in [0.2, 0.25) is 0 Å². The van der Waals surface area contributed by atoms with Crippen molar-refractivity contribution in [2.45, 2.75) is 32.6 Å². The van der Waals surface area contributed by atoms with E-state index in [9.17, 15) is 14.4 Å². The van der Waals surface area contributed by atoms with Crippen LogP contribution in [0.2, 0.25) is 0 Å². The fourth-order valence-electron chi connectivity index (χ4n) is 4.81. The van der Waals surface area contributed by atoms with Gasteiger partial charge in [0, 0.05) is 11.1 Å². The van der Waals surface area contributed by atoms with Crippen molar-refractivity contribution in [1.29, 1.82) is 0 Å². The van der Waals surface area contributed by atoms with Crippen LogP contribution >= 0.6 is 0 Å². The number of hydrogen-bond donors (Lipinski definition) is 0.